The highest BCUT2D eigenvalue weighted by Gasteiger charge is 2.76. The number of imide groups is 2. The number of nitro groups is 1. The summed E-state index contributed by atoms with van der Waals surface area (Å²) < 4.78 is 19.1. The van der Waals surface area contributed by atoms with Crippen molar-refractivity contribution in [2.24, 2.45) is 23.7 Å². The number of nitro benzene ring substituents is 1. The molecular weight excluding hydrogens is 680 g/mol. The number of aromatic hydroxyl groups is 1. The second-order valence-corrected chi connectivity index (χ2v) is 13.6. The zero-order valence-electron chi connectivity index (χ0n) is 25.6. The SMILES string of the molecule is COc1cc(C=CC2C3=CCC4C(=O)N(c5ccc([N+](=O)[O-])cc5)C(=O)C4C3CC3(Cl)C(=O)N(c4ccc(F)cc4)C(=O)C23Cl)ccc1O. The number of rotatable bonds is 6. The molecule has 1 N–H and O–H groups in total. The van der Waals surface area contributed by atoms with Crippen LogP contribution in [0.3, 0.4) is 0 Å². The smallest absolute Gasteiger partial charge is 0.269 e. The molecular formula is C35H26Cl2FN3O8. The summed E-state index contributed by atoms with van der Waals surface area (Å²) in [5, 5.41) is 21.3. The van der Waals surface area contributed by atoms with E-state index in [0.717, 1.165) is 21.9 Å². The van der Waals surface area contributed by atoms with E-state index in [2.05, 4.69) is 0 Å². The van der Waals surface area contributed by atoms with Crippen molar-refractivity contribution < 1.29 is 38.3 Å². The minimum Gasteiger partial charge on any atom is -0.504 e. The predicted molar refractivity (Wildman–Crippen MR) is 177 cm³/mol. The van der Waals surface area contributed by atoms with Gasteiger partial charge in [0.1, 0.15) is 5.82 Å². The number of hydrogen-bond donors (Lipinski definition) is 1. The molecule has 2 aliphatic carbocycles. The summed E-state index contributed by atoms with van der Waals surface area (Å²) in [6.07, 6.45) is 4.86. The van der Waals surface area contributed by atoms with Crippen LogP contribution in [0.5, 0.6) is 11.5 Å². The molecule has 0 spiro atoms. The number of methoxy groups -OCH3 is 1. The van der Waals surface area contributed by atoms with Crippen LogP contribution in [0, 0.1) is 39.6 Å². The van der Waals surface area contributed by atoms with Gasteiger partial charge in [-0.2, -0.15) is 0 Å². The summed E-state index contributed by atoms with van der Waals surface area (Å²) in [5.41, 5.74) is 1.10. The van der Waals surface area contributed by atoms with E-state index in [1.165, 1.54) is 49.6 Å². The Hall–Kier alpha value is -5.07. The van der Waals surface area contributed by atoms with Gasteiger partial charge in [-0.05, 0) is 72.9 Å². The quantitative estimate of drug-likeness (QED) is 0.112. The lowest BCUT2D eigenvalue weighted by Gasteiger charge is -2.49. The van der Waals surface area contributed by atoms with Crippen molar-refractivity contribution in [3.63, 3.8) is 0 Å². The molecule has 1 saturated carbocycles. The first-order chi connectivity index (χ1) is 23.3. The number of hydrogen-bond acceptors (Lipinski definition) is 8. The summed E-state index contributed by atoms with van der Waals surface area (Å²) in [5.74, 6) is -6.94. The molecule has 3 aromatic carbocycles. The number of non-ortho nitro benzene ring substituents is 1. The van der Waals surface area contributed by atoms with Crippen LogP contribution in [-0.4, -0.2) is 50.5 Å². The highest BCUT2D eigenvalue weighted by Crippen LogP contribution is 2.63. The number of anilines is 2. The molecule has 0 bridgehead atoms. The summed E-state index contributed by atoms with van der Waals surface area (Å²) in [4.78, 5) is 64.8. The molecule has 11 nitrogen and oxygen atoms in total. The second-order valence-electron chi connectivity index (χ2n) is 12.4. The van der Waals surface area contributed by atoms with Gasteiger partial charge in [0.25, 0.3) is 17.5 Å². The maximum absolute atomic E-state index is 14.4. The minimum atomic E-state index is -2.10. The number of carbonyl (C=O) groups excluding carboxylic acids is 4. The number of nitrogens with zero attached hydrogens (tertiary/aromatic N) is 3. The van der Waals surface area contributed by atoms with Crippen LogP contribution in [0.1, 0.15) is 18.4 Å². The van der Waals surface area contributed by atoms with Crippen molar-refractivity contribution in [2.75, 3.05) is 16.9 Å². The number of phenols is 1. The number of phenolic OH excluding ortho intramolecular Hbond substituents is 1. The van der Waals surface area contributed by atoms with Gasteiger partial charge in [-0.15, -0.1) is 23.2 Å². The number of allylic oxidation sites excluding steroid dienone is 3. The summed E-state index contributed by atoms with van der Waals surface area (Å²) in [6, 6.07) is 14.3. The largest absolute Gasteiger partial charge is 0.504 e. The van der Waals surface area contributed by atoms with Gasteiger partial charge in [0.2, 0.25) is 11.8 Å². The van der Waals surface area contributed by atoms with E-state index < -0.39 is 67.8 Å². The fourth-order valence-corrected chi connectivity index (χ4v) is 8.52. The van der Waals surface area contributed by atoms with Crippen molar-refractivity contribution in [1.29, 1.82) is 0 Å². The van der Waals surface area contributed by atoms with Crippen molar-refractivity contribution in [1.82, 2.24) is 0 Å². The van der Waals surface area contributed by atoms with E-state index in [1.807, 2.05) is 0 Å². The van der Waals surface area contributed by atoms with Gasteiger partial charge in [0.15, 0.2) is 21.2 Å². The number of amides is 4. The predicted octanol–water partition coefficient (Wildman–Crippen LogP) is 5.76. The summed E-state index contributed by atoms with van der Waals surface area (Å²) in [7, 11) is 1.39. The van der Waals surface area contributed by atoms with E-state index in [4.69, 9.17) is 27.9 Å². The molecule has 3 aromatic rings. The third-order valence-corrected chi connectivity index (χ3v) is 11.4. The van der Waals surface area contributed by atoms with Crippen LogP contribution in [0.25, 0.3) is 6.08 Å². The average Bonchev–Trinajstić information content (AvgIpc) is 3.43. The highest BCUT2D eigenvalue weighted by atomic mass is 35.5. The van der Waals surface area contributed by atoms with Crippen LogP contribution < -0.4 is 14.5 Å². The van der Waals surface area contributed by atoms with Gasteiger partial charge in [0.05, 0.1) is 35.2 Å². The number of carbonyl (C=O) groups is 4. The first kappa shape index (κ1) is 32.5. The Kier molecular flexibility index (Phi) is 7.64. The Labute approximate surface area is 288 Å². The van der Waals surface area contributed by atoms with Crippen LogP contribution in [-0.2, 0) is 19.2 Å². The van der Waals surface area contributed by atoms with Crippen LogP contribution >= 0.6 is 23.2 Å². The Morgan fingerprint density at radius 1 is 0.939 bits per heavy atom. The number of benzene rings is 3. The molecule has 6 unspecified atom stereocenters. The fourth-order valence-electron chi connectivity index (χ4n) is 7.63. The van der Waals surface area contributed by atoms with Crippen LogP contribution in [0.2, 0.25) is 0 Å². The van der Waals surface area contributed by atoms with Gasteiger partial charge >= 0.3 is 0 Å². The van der Waals surface area contributed by atoms with Gasteiger partial charge < -0.3 is 9.84 Å². The molecule has 7 rings (SSSR count). The molecule has 0 aromatic heterocycles. The lowest BCUT2D eigenvalue weighted by molar-refractivity contribution is -0.384. The number of fused-ring (bicyclic) bond motifs is 4. The minimum absolute atomic E-state index is 0.0585. The van der Waals surface area contributed by atoms with Crippen molar-refractivity contribution in [2.45, 2.75) is 22.6 Å². The Balaban J connectivity index is 1.34. The normalized spacial score (nSPS) is 29.2. The number of halogens is 3. The number of ether oxygens (including phenoxy) is 1. The van der Waals surface area contributed by atoms with Crippen LogP contribution in [0.15, 0.2) is 84.5 Å². The fraction of sp³-hybridized carbons (Fsp3) is 0.257. The molecule has 3 fully saturated rings. The first-order valence-electron chi connectivity index (χ1n) is 15.2. The maximum Gasteiger partial charge on any atom is 0.269 e. The Bertz CT molecular complexity index is 2020. The molecule has 14 heteroatoms. The van der Waals surface area contributed by atoms with Crippen molar-refractivity contribution in [3.8, 4) is 11.5 Å². The molecule has 4 amide bonds. The second kappa shape index (κ2) is 11.5. The molecule has 0 radical (unpaired) electrons. The highest BCUT2D eigenvalue weighted by molar-refractivity contribution is 6.58. The summed E-state index contributed by atoms with van der Waals surface area (Å²) >= 11 is 14.6. The lowest BCUT2D eigenvalue weighted by Crippen LogP contribution is -2.60. The van der Waals surface area contributed by atoms with E-state index in [9.17, 15) is 38.8 Å². The maximum atomic E-state index is 14.4. The van der Waals surface area contributed by atoms with Gasteiger partial charge in [-0.25, -0.2) is 9.29 Å². The molecule has 2 heterocycles. The Morgan fingerprint density at radius 2 is 1.59 bits per heavy atom. The molecule has 49 heavy (non-hydrogen) atoms. The topological polar surface area (TPSA) is 147 Å². The third-order valence-electron chi connectivity index (χ3n) is 9.96. The van der Waals surface area contributed by atoms with E-state index in [1.54, 1.807) is 30.4 Å². The van der Waals surface area contributed by atoms with Crippen LogP contribution in [0.4, 0.5) is 21.5 Å². The van der Waals surface area contributed by atoms with Gasteiger partial charge in [-0.1, -0.05) is 29.9 Å². The van der Waals surface area contributed by atoms with Gasteiger partial charge in [-0.3, -0.25) is 34.2 Å². The van der Waals surface area contributed by atoms with Gasteiger partial charge in [0, 0.05) is 18.1 Å². The molecule has 4 aliphatic rings. The van der Waals surface area contributed by atoms with Crippen molar-refractivity contribution >= 4 is 70.0 Å². The molecule has 2 aliphatic heterocycles. The standard InChI is InChI=1S/C35H26Cl2FN3O8/c1-49-28-16-18(3-15-27(28)42)2-14-26-23-12-13-24-29(31(44)39(30(24)43)20-8-10-22(11-9-20)41(47)48)25(23)17-34(36)32(45)40(33(46)35(26,34)37)21-6-4-19(38)5-7-21/h2-12,14-16,24-26,29,42H,13,17H2,1H3. The van der Waals surface area contributed by atoms with Crippen molar-refractivity contribution in [3.05, 3.63) is 106 Å². The molecule has 6 atom stereocenters. The Morgan fingerprint density at radius 3 is 2.24 bits per heavy atom. The lowest BCUT2D eigenvalue weighted by atomic mass is 9.57. The molecule has 250 valence electrons. The summed E-state index contributed by atoms with van der Waals surface area (Å²) in [6.45, 7) is 0. The zero-order valence-corrected chi connectivity index (χ0v) is 27.1. The van der Waals surface area contributed by atoms with E-state index in [0.29, 0.717) is 11.1 Å². The monoisotopic (exact) mass is 705 g/mol. The average molecular weight is 707 g/mol. The third kappa shape index (κ3) is 4.68. The molecule has 2 saturated heterocycles. The van der Waals surface area contributed by atoms with E-state index in [-0.39, 0.29) is 41.4 Å². The first-order valence-corrected chi connectivity index (χ1v) is 16.0. The van der Waals surface area contributed by atoms with E-state index >= 15 is 0 Å². The zero-order chi connectivity index (χ0) is 35.0. The number of alkyl halides is 2.